The number of carbonyl (C=O) groups is 1. The molecule has 1 fully saturated rings. The smallest absolute Gasteiger partial charge is 0.460 e. The molecule has 13 heteroatoms. The first-order chi connectivity index (χ1) is 30.4. The summed E-state index contributed by atoms with van der Waals surface area (Å²) in [4.78, 5) is 12.5. The Bertz CT molecular complexity index is 2050. The second kappa shape index (κ2) is 20.9. The Labute approximate surface area is 370 Å². The number of rotatable bonds is 22. The lowest BCUT2D eigenvalue weighted by molar-refractivity contribution is -0.396. The number of carbonyl (C=O) groups excluding carboxylic acids is 1. The van der Waals surface area contributed by atoms with E-state index in [2.05, 4.69) is 49.4 Å². The largest absolute Gasteiger partial charge is 0.489 e. The summed E-state index contributed by atoms with van der Waals surface area (Å²) >= 11 is 0. The first-order valence-electron chi connectivity index (χ1n) is 22.6. The zero-order valence-electron chi connectivity index (χ0n) is 36.5. The predicted octanol–water partition coefficient (Wildman–Crippen LogP) is 14.7. The Morgan fingerprint density at radius 3 is 2.12 bits per heavy atom. The number of fused-ring (bicyclic) bond motifs is 5. The van der Waals surface area contributed by atoms with E-state index >= 15 is 0 Å². The minimum Gasteiger partial charge on any atom is -0.489 e. The molecule has 6 rings (SSSR count). The summed E-state index contributed by atoms with van der Waals surface area (Å²) in [5.41, 5.74) is 7.73. The van der Waals surface area contributed by atoms with Gasteiger partial charge in [-0.05, 0) is 123 Å². The number of hydrogen-bond acceptors (Lipinski definition) is 4. The number of unbranched alkanes of at least 4 members (excludes halogenated alkanes) is 4. The van der Waals surface area contributed by atoms with Crippen LogP contribution < -0.4 is 4.74 Å². The van der Waals surface area contributed by atoms with Crippen molar-refractivity contribution in [3.8, 4) is 5.75 Å². The van der Waals surface area contributed by atoms with E-state index in [-0.39, 0.29) is 24.5 Å². The molecular weight excluding hydrogens is 848 g/mol. The van der Waals surface area contributed by atoms with E-state index in [1.165, 1.54) is 29.2 Å². The molecule has 64 heavy (non-hydrogen) atoms. The van der Waals surface area contributed by atoms with Crippen LogP contribution in [-0.2, 0) is 33.9 Å². The van der Waals surface area contributed by atoms with Gasteiger partial charge < -0.3 is 14.2 Å². The average Bonchev–Trinajstić information content (AvgIpc) is 3.60. The lowest BCUT2D eigenvalue weighted by Gasteiger charge is -2.48. The van der Waals surface area contributed by atoms with Crippen LogP contribution in [0, 0.1) is 23.2 Å². The number of aryl methyl sites for hydroxylation is 1. The number of benzene rings is 3. The molecule has 0 amide bonds. The van der Waals surface area contributed by atoms with Crippen LogP contribution in [0.15, 0.2) is 96.6 Å². The van der Waals surface area contributed by atoms with Gasteiger partial charge in [0.15, 0.2) is 0 Å². The molecule has 0 spiro atoms. The highest BCUT2D eigenvalue weighted by molar-refractivity contribution is 5.77. The molecule has 1 saturated carbocycles. The number of ether oxygens (including phenoxy) is 3. The zero-order valence-corrected chi connectivity index (χ0v) is 36.5. The van der Waals surface area contributed by atoms with Crippen molar-refractivity contribution in [2.45, 2.75) is 147 Å². The summed E-state index contributed by atoms with van der Waals surface area (Å²) in [7, 11) is 0. The van der Waals surface area contributed by atoms with E-state index in [0.29, 0.717) is 44.3 Å². The van der Waals surface area contributed by atoms with Crippen molar-refractivity contribution in [1.29, 1.82) is 0 Å². The lowest BCUT2D eigenvalue weighted by Crippen LogP contribution is -2.60. The van der Waals surface area contributed by atoms with Crippen LogP contribution in [-0.4, -0.2) is 42.6 Å². The molecule has 0 heterocycles. The van der Waals surface area contributed by atoms with Gasteiger partial charge >= 0.3 is 29.9 Å². The third-order valence-electron chi connectivity index (χ3n) is 13.6. The Morgan fingerprint density at radius 2 is 1.45 bits per heavy atom. The summed E-state index contributed by atoms with van der Waals surface area (Å²) in [6, 6.07) is 26.9. The Kier molecular flexibility index (Phi) is 16.1. The summed E-state index contributed by atoms with van der Waals surface area (Å²) in [5, 5.41) is 0. The topological polar surface area (TPSA) is 44.8 Å². The highest BCUT2D eigenvalue weighted by Crippen LogP contribution is 2.62. The van der Waals surface area contributed by atoms with Gasteiger partial charge in [-0.1, -0.05) is 111 Å². The van der Waals surface area contributed by atoms with Gasteiger partial charge in [0.1, 0.15) is 12.4 Å². The average molecular weight is 907 g/mol. The third kappa shape index (κ3) is 11.0. The first kappa shape index (κ1) is 49.2. The van der Waals surface area contributed by atoms with Crippen molar-refractivity contribution in [3.05, 3.63) is 119 Å². The van der Waals surface area contributed by atoms with Crippen molar-refractivity contribution in [1.82, 2.24) is 0 Å². The van der Waals surface area contributed by atoms with Crippen LogP contribution in [0.4, 0.5) is 39.5 Å². The van der Waals surface area contributed by atoms with Crippen molar-refractivity contribution in [3.63, 3.8) is 0 Å². The molecule has 0 bridgehead atoms. The van der Waals surface area contributed by atoms with Gasteiger partial charge in [0.05, 0.1) is 25.2 Å². The van der Waals surface area contributed by atoms with Gasteiger partial charge in [-0.2, -0.15) is 39.5 Å². The molecule has 3 aromatic carbocycles. The fraction of sp³-hybridized carbons (Fsp3) is 0.549. The van der Waals surface area contributed by atoms with Gasteiger partial charge in [-0.15, -0.1) is 0 Å². The molecule has 3 aliphatic rings. The van der Waals surface area contributed by atoms with Crippen LogP contribution in [0.3, 0.4) is 0 Å². The molecule has 0 aliphatic heterocycles. The second-order valence-electron chi connectivity index (χ2n) is 17.9. The molecule has 0 aromatic heterocycles. The number of halogens is 9. The van der Waals surface area contributed by atoms with Crippen LogP contribution in [0.5, 0.6) is 5.75 Å². The van der Waals surface area contributed by atoms with E-state index in [1.54, 1.807) is 0 Å². The molecule has 1 unspecified atom stereocenters. The first-order valence-corrected chi connectivity index (χ1v) is 22.6. The van der Waals surface area contributed by atoms with E-state index in [4.69, 9.17) is 14.2 Å². The van der Waals surface area contributed by atoms with Crippen molar-refractivity contribution < 1.29 is 58.5 Å². The van der Waals surface area contributed by atoms with Gasteiger partial charge in [-0.25, -0.2) is 0 Å². The molecule has 3 aliphatic carbocycles. The predicted molar refractivity (Wildman–Crippen MR) is 228 cm³/mol. The SMILES string of the molecule is CCOC(=O)C(CCCCCCC=CCC1=C2c3ccc(OCc4ccccc4)cc3CC[C@H]2[C@@H]2CC[C@H](OCc3ccccc3)[C@@]2(C)C1)CCC(F)(F)C(F)(F)C(F)(F)C(F)(F)F. The maximum Gasteiger partial charge on any atom is 0.460 e. The summed E-state index contributed by atoms with van der Waals surface area (Å²) < 4.78 is 139. The molecule has 0 N–H and O–H groups in total. The van der Waals surface area contributed by atoms with Crippen LogP contribution >= 0.6 is 0 Å². The summed E-state index contributed by atoms with van der Waals surface area (Å²) in [5.74, 6) is -20.0. The molecule has 0 radical (unpaired) electrons. The Morgan fingerprint density at radius 1 is 0.781 bits per heavy atom. The number of allylic oxidation sites excluding steroid dienone is 4. The van der Waals surface area contributed by atoms with E-state index in [1.807, 2.05) is 48.5 Å². The molecule has 0 saturated heterocycles. The van der Waals surface area contributed by atoms with E-state index in [0.717, 1.165) is 68.2 Å². The monoisotopic (exact) mass is 906 g/mol. The van der Waals surface area contributed by atoms with Gasteiger partial charge in [0.25, 0.3) is 0 Å². The summed E-state index contributed by atoms with van der Waals surface area (Å²) in [6.45, 7) is 4.77. The van der Waals surface area contributed by atoms with Crippen molar-refractivity contribution >= 4 is 11.5 Å². The quantitative estimate of drug-likeness (QED) is 0.0436. The van der Waals surface area contributed by atoms with Crippen LogP contribution in [0.25, 0.3) is 5.57 Å². The fourth-order valence-electron chi connectivity index (χ4n) is 10.2. The van der Waals surface area contributed by atoms with Crippen molar-refractivity contribution in [2.75, 3.05) is 6.61 Å². The van der Waals surface area contributed by atoms with E-state index in [9.17, 15) is 44.3 Å². The minimum atomic E-state index is -6.96. The number of esters is 1. The second-order valence-corrected chi connectivity index (χ2v) is 17.9. The Hall–Kier alpha value is -4.26. The highest BCUT2D eigenvalue weighted by atomic mass is 19.4. The lowest BCUT2D eigenvalue weighted by atomic mass is 9.57. The zero-order chi connectivity index (χ0) is 46.2. The van der Waals surface area contributed by atoms with Gasteiger partial charge in [0.2, 0.25) is 0 Å². The summed E-state index contributed by atoms with van der Waals surface area (Å²) in [6.07, 6.45) is 3.43. The molecule has 350 valence electrons. The van der Waals surface area contributed by atoms with Crippen LogP contribution in [0.2, 0.25) is 0 Å². The highest BCUT2D eigenvalue weighted by Gasteiger charge is 2.81. The van der Waals surface area contributed by atoms with Gasteiger partial charge in [0, 0.05) is 11.8 Å². The van der Waals surface area contributed by atoms with E-state index < -0.39 is 48.7 Å². The van der Waals surface area contributed by atoms with Crippen molar-refractivity contribution in [2.24, 2.45) is 23.2 Å². The standard InChI is InChI=1S/C51H59F9O4/c1-3-62-46(61)37(29-30-48(52,53)49(54,55)50(56,57)51(58,59)60)21-15-7-5-4-6-8-16-22-39-32-47(2)43(27-28-44(47)64-34-36-19-13-10-14-20-36)42-25-23-38-31-40(24-26-41(38)45(39)42)63-33-35-17-11-9-12-18-35/h8-14,16-20,24,26,31,37,42-44H,3-7,15,21-23,25,27-30,32-34H2,1-2H3/t37?,42-,43-,44-,47-/m0/s1. The molecule has 3 aromatic rings. The fourth-order valence-corrected chi connectivity index (χ4v) is 10.2. The van der Waals surface area contributed by atoms with Gasteiger partial charge in [-0.3, -0.25) is 4.79 Å². The normalized spacial score (nSPS) is 22.0. The minimum absolute atomic E-state index is 0.0192. The maximum absolute atomic E-state index is 14.3. The molecule has 4 nitrogen and oxygen atoms in total. The van der Waals surface area contributed by atoms with Crippen LogP contribution in [0.1, 0.15) is 120 Å². The number of hydrogen-bond donors (Lipinski definition) is 0. The molecular formula is C51H59F9O4. The molecule has 5 atom stereocenters. The maximum atomic E-state index is 14.3. The Balaban J connectivity index is 1.07. The number of alkyl halides is 9. The third-order valence-corrected chi connectivity index (χ3v) is 13.6.